The highest BCUT2D eigenvalue weighted by molar-refractivity contribution is 5.44. The third kappa shape index (κ3) is 1.68. The number of methoxy groups -OCH3 is 1. The van der Waals surface area contributed by atoms with E-state index < -0.39 is 0 Å². The Hall–Kier alpha value is -1.13. The summed E-state index contributed by atoms with van der Waals surface area (Å²) in [6.45, 7) is 1.31. The van der Waals surface area contributed by atoms with Crippen molar-refractivity contribution in [1.29, 1.82) is 0 Å². The van der Waals surface area contributed by atoms with Crippen LogP contribution in [0, 0.1) is 5.82 Å². The molecule has 2 N–H and O–H groups in total. The molecule has 0 saturated heterocycles. The first kappa shape index (κ1) is 11.4. The molecule has 4 heteroatoms. The molecule has 0 bridgehead atoms. The standard InChI is InChI=1S/C12H17FN2O/c1-15-6-5-8-11(16-2)4-3-9(13)12(8)10(15)7-14/h3-4,10H,5-7,14H2,1-2H3. The summed E-state index contributed by atoms with van der Waals surface area (Å²) in [7, 11) is 3.59. The lowest BCUT2D eigenvalue weighted by molar-refractivity contribution is 0.227. The minimum atomic E-state index is -0.183. The first-order chi connectivity index (χ1) is 7.69. The minimum absolute atomic E-state index is 0.0427. The SMILES string of the molecule is COc1ccc(F)c2c1CCN(C)C2CN. The maximum atomic E-state index is 13.9. The van der Waals surface area contributed by atoms with Crippen LogP contribution in [0.15, 0.2) is 12.1 Å². The van der Waals surface area contributed by atoms with E-state index in [0.29, 0.717) is 12.1 Å². The summed E-state index contributed by atoms with van der Waals surface area (Å²) in [5.74, 6) is 0.584. The second kappa shape index (κ2) is 4.39. The summed E-state index contributed by atoms with van der Waals surface area (Å²) < 4.78 is 19.1. The summed E-state index contributed by atoms with van der Waals surface area (Å²) in [4.78, 5) is 2.09. The Bertz CT molecular complexity index is 395. The zero-order valence-corrected chi connectivity index (χ0v) is 9.66. The second-order valence-electron chi connectivity index (χ2n) is 4.12. The third-order valence-corrected chi connectivity index (χ3v) is 3.28. The third-order valence-electron chi connectivity index (χ3n) is 3.28. The van der Waals surface area contributed by atoms with Crippen molar-refractivity contribution in [1.82, 2.24) is 4.90 Å². The van der Waals surface area contributed by atoms with Crippen LogP contribution in [0.25, 0.3) is 0 Å². The molecular weight excluding hydrogens is 207 g/mol. The van der Waals surface area contributed by atoms with Crippen molar-refractivity contribution in [3.63, 3.8) is 0 Å². The highest BCUT2D eigenvalue weighted by Gasteiger charge is 2.28. The Labute approximate surface area is 95.0 Å². The predicted octanol–water partition coefficient (Wildman–Crippen LogP) is 1.32. The molecule has 88 valence electrons. The van der Waals surface area contributed by atoms with E-state index in [-0.39, 0.29) is 11.9 Å². The van der Waals surface area contributed by atoms with E-state index >= 15 is 0 Å². The highest BCUT2D eigenvalue weighted by atomic mass is 19.1. The van der Waals surface area contributed by atoms with Gasteiger partial charge >= 0.3 is 0 Å². The zero-order valence-electron chi connectivity index (χ0n) is 9.66. The van der Waals surface area contributed by atoms with Crippen LogP contribution >= 0.6 is 0 Å². The molecule has 1 heterocycles. The van der Waals surface area contributed by atoms with Crippen LogP contribution in [0.5, 0.6) is 5.75 Å². The molecule has 2 rings (SSSR count). The van der Waals surface area contributed by atoms with Crippen LogP contribution in [0.1, 0.15) is 17.2 Å². The van der Waals surface area contributed by atoms with Gasteiger partial charge in [-0.15, -0.1) is 0 Å². The highest BCUT2D eigenvalue weighted by Crippen LogP contribution is 2.35. The van der Waals surface area contributed by atoms with Crippen LogP contribution in [0.4, 0.5) is 4.39 Å². The molecule has 1 aliphatic heterocycles. The number of benzene rings is 1. The van der Waals surface area contributed by atoms with Crippen LogP contribution in [-0.2, 0) is 6.42 Å². The zero-order chi connectivity index (χ0) is 11.7. The lowest BCUT2D eigenvalue weighted by Crippen LogP contribution is -2.37. The van der Waals surface area contributed by atoms with E-state index in [9.17, 15) is 4.39 Å². The molecule has 1 unspecified atom stereocenters. The Morgan fingerprint density at radius 2 is 2.31 bits per heavy atom. The van der Waals surface area contributed by atoms with Crippen LogP contribution in [0.3, 0.4) is 0 Å². The van der Waals surface area contributed by atoms with Crippen molar-refractivity contribution in [2.75, 3.05) is 27.2 Å². The monoisotopic (exact) mass is 224 g/mol. The normalized spacial score (nSPS) is 20.6. The number of ether oxygens (including phenoxy) is 1. The summed E-state index contributed by atoms with van der Waals surface area (Å²) in [6.07, 6.45) is 0.809. The lowest BCUT2D eigenvalue weighted by atomic mass is 9.91. The molecule has 0 saturated carbocycles. The Morgan fingerprint density at radius 3 is 2.94 bits per heavy atom. The van der Waals surface area contributed by atoms with Gasteiger partial charge in [0.15, 0.2) is 0 Å². The molecule has 1 atom stereocenters. The fourth-order valence-electron chi connectivity index (χ4n) is 2.39. The quantitative estimate of drug-likeness (QED) is 0.823. The molecule has 0 spiro atoms. The number of likely N-dealkylation sites (N-methyl/N-ethyl adjacent to an activating group) is 1. The van der Waals surface area contributed by atoms with E-state index in [1.807, 2.05) is 7.05 Å². The number of halogens is 1. The maximum absolute atomic E-state index is 13.9. The van der Waals surface area contributed by atoms with Gasteiger partial charge < -0.3 is 10.5 Å². The van der Waals surface area contributed by atoms with E-state index in [4.69, 9.17) is 10.5 Å². The first-order valence-corrected chi connectivity index (χ1v) is 5.44. The molecule has 1 aromatic rings. The second-order valence-corrected chi connectivity index (χ2v) is 4.12. The number of fused-ring (bicyclic) bond motifs is 1. The smallest absolute Gasteiger partial charge is 0.128 e. The van der Waals surface area contributed by atoms with Crippen molar-refractivity contribution in [3.8, 4) is 5.75 Å². The van der Waals surface area contributed by atoms with Crippen LogP contribution < -0.4 is 10.5 Å². The average molecular weight is 224 g/mol. The van der Waals surface area contributed by atoms with Crippen molar-refractivity contribution in [2.45, 2.75) is 12.5 Å². The summed E-state index contributed by atoms with van der Waals surface area (Å²) in [6, 6.07) is 3.10. The maximum Gasteiger partial charge on any atom is 0.128 e. The molecule has 16 heavy (non-hydrogen) atoms. The number of hydrogen-bond donors (Lipinski definition) is 1. The van der Waals surface area contributed by atoms with E-state index in [1.54, 1.807) is 13.2 Å². The molecule has 1 aliphatic rings. The van der Waals surface area contributed by atoms with Crippen molar-refractivity contribution in [3.05, 3.63) is 29.1 Å². The fraction of sp³-hybridized carbons (Fsp3) is 0.500. The Kier molecular flexibility index (Phi) is 3.12. The molecule has 0 fully saturated rings. The molecule has 0 radical (unpaired) electrons. The molecule has 0 aromatic heterocycles. The van der Waals surface area contributed by atoms with Gasteiger partial charge in [0.2, 0.25) is 0 Å². The van der Waals surface area contributed by atoms with Crippen molar-refractivity contribution in [2.24, 2.45) is 5.73 Å². The van der Waals surface area contributed by atoms with E-state index in [0.717, 1.165) is 24.3 Å². The number of rotatable bonds is 2. The molecular formula is C12H17FN2O. The van der Waals surface area contributed by atoms with Gasteiger partial charge in [-0.2, -0.15) is 0 Å². The molecule has 0 aliphatic carbocycles. The first-order valence-electron chi connectivity index (χ1n) is 5.44. The average Bonchev–Trinajstić information content (AvgIpc) is 2.30. The molecule has 3 nitrogen and oxygen atoms in total. The summed E-state index contributed by atoms with van der Waals surface area (Å²) in [5, 5.41) is 0. The van der Waals surface area contributed by atoms with Crippen molar-refractivity contribution < 1.29 is 9.13 Å². The van der Waals surface area contributed by atoms with Crippen LogP contribution in [-0.4, -0.2) is 32.1 Å². The molecule has 1 aromatic carbocycles. The van der Waals surface area contributed by atoms with E-state index in [1.165, 1.54) is 6.07 Å². The van der Waals surface area contributed by atoms with Gasteiger partial charge in [-0.1, -0.05) is 0 Å². The van der Waals surface area contributed by atoms with Crippen molar-refractivity contribution >= 4 is 0 Å². The number of nitrogens with two attached hydrogens (primary N) is 1. The lowest BCUT2D eigenvalue weighted by Gasteiger charge is -2.34. The Morgan fingerprint density at radius 1 is 1.56 bits per heavy atom. The van der Waals surface area contributed by atoms with Crippen LogP contribution in [0.2, 0.25) is 0 Å². The largest absolute Gasteiger partial charge is 0.496 e. The van der Waals surface area contributed by atoms with Gasteiger partial charge in [0.1, 0.15) is 11.6 Å². The Balaban J connectivity index is 2.55. The van der Waals surface area contributed by atoms with Gasteiger partial charge in [-0.25, -0.2) is 4.39 Å². The number of nitrogens with zero attached hydrogens (tertiary/aromatic N) is 1. The van der Waals surface area contributed by atoms with Gasteiger partial charge in [0, 0.05) is 24.2 Å². The fourth-order valence-corrected chi connectivity index (χ4v) is 2.39. The van der Waals surface area contributed by atoms with Gasteiger partial charge in [0.25, 0.3) is 0 Å². The minimum Gasteiger partial charge on any atom is -0.496 e. The van der Waals surface area contributed by atoms with Gasteiger partial charge in [0.05, 0.1) is 13.2 Å². The van der Waals surface area contributed by atoms with E-state index in [2.05, 4.69) is 4.90 Å². The summed E-state index contributed by atoms with van der Waals surface area (Å²) in [5.41, 5.74) is 7.39. The van der Waals surface area contributed by atoms with Gasteiger partial charge in [-0.3, -0.25) is 4.90 Å². The summed E-state index contributed by atoms with van der Waals surface area (Å²) >= 11 is 0. The van der Waals surface area contributed by atoms with Gasteiger partial charge in [-0.05, 0) is 25.6 Å². The predicted molar refractivity (Wildman–Crippen MR) is 61.1 cm³/mol. The topological polar surface area (TPSA) is 38.5 Å². The number of hydrogen-bond acceptors (Lipinski definition) is 3. The molecule has 0 amide bonds.